The van der Waals surface area contributed by atoms with Gasteiger partial charge in [0, 0.05) is 0 Å². The van der Waals surface area contributed by atoms with Gasteiger partial charge in [-0.2, -0.15) is 16.8 Å². The fourth-order valence-corrected chi connectivity index (χ4v) is 2.72. The highest BCUT2D eigenvalue weighted by Gasteiger charge is 2.24. The summed E-state index contributed by atoms with van der Waals surface area (Å²) in [5.74, 6) is -1.32. The maximum atomic E-state index is 11.2. The lowest BCUT2D eigenvalue weighted by Gasteiger charge is -2.11. The molecule has 1 amide bonds. The molecule has 0 atom stereocenters. The molecular formula is C8H9ClN2O7S2. The zero-order valence-corrected chi connectivity index (χ0v) is 12.0. The number of nitrogens with two attached hydrogens (primary N) is 1. The second-order valence-electron chi connectivity index (χ2n) is 3.52. The summed E-state index contributed by atoms with van der Waals surface area (Å²) in [7, 11) is -9.68. The van der Waals surface area contributed by atoms with Gasteiger partial charge in [0.15, 0.2) is 0 Å². The number of hydrogen-bond acceptors (Lipinski definition) is 6. The molecule has 0 saturated carbocycles. The van der Waals surface area contributed by atoms with Crippen LogP contribution in [0.5, 0.6) is 0 Å². The third kappa shape index (κ3) is 3.80. The van der Waals surface area contributed by atoms with Gasteiger partial charge < -0.3 is 11.1 Å². The molecule has 1 aromatic carbocycles. The van der Waals surface area contributed by atoms with Crippen molar-refractivity contribution < 1.29 is 30.7 Å². The lowest BCUT2D eigenvalue weighted by atomic mass is 10.2. The molecule has 1 aromatic rings. The van der Waals surface area contributed by atoms with E-state index in [1.165, 1.54) is 0 Å². The molecule has 112 valence electrons. The van der Waals surface area contributed by atoms with Crippen molar-refractivity contribution in [1.29, 1.82) is 0 Å². The van der Waals surface area contributed by atoms with Crippen molar-refractivity contribution in [2.75, 3.05) is 16.9 Å². The van der Waals surface area contributed by atoms with Crippen LogP contribution in [0.15, 0.2) is 21.9 Å². The Kier molecular flexibility index (Phi) is 4.61. The number of amides is 1. The van der Waals surface area contributed by atoms with Crippen molar-refractivity contribution in [3.8, 4) is 0 Å². The number of hydrogen-bond donors (Lipinski definition) is 4. The molecule has 5 N–H and O–H groups in total. The first-order valence-corrected chi connectivity index (χ1v) is 8.12. The molecule has 0 heterocycles. The molecule has 0 aliphatic carbocycles. The van der Waals surface area contributed by atoms with Crippen LogP contribution in [0, 0.1) is 0 Å². The fraction of sp³-hybridized carbons (Fsp3) is 0.125. The molecule has 0 unspecified atom stereocenters. The monoisotopic (exact) mass is 344 g/mol. The summed E-state index contributed by atoms with van der Waals surface area (Å²) in [5, 5.41) is 2.02. The van der Waals surface area contributed by atoms with Crippen LogP contribution in [0.4, 0.5) is 11.4 Å². The van der Waals surface area contributed by atoms with E-state index in [0.29, 0.717) is 6.07 Å². The zero-order chi connectivity index (χ0) is 15.7. The minimum absolute atomic E-state index is 0.420. The van der Waals surface area contributed by atoms with E-state index in [1.807, 2.05) is 5.32 Å². The molecule has 0 fully saturated rings. The molecule has 0 saturated heterocycles. The van der Waals surface area contributed by atoms with E-state index in [0.717, 1.165) is 6.07 Å². The summed E-state index contributed by atoms with van der Waals surface area (Å²) in [6, 6.07) is 1.18. The van der Waals surface area contributed by atoms with Crippen LogP contribution < -0.4 is 11.1 Å². The van der Waals surface area contributed by atoms with E-state index in [2.05, 4.69) is 0 Å². The lowest BCUT2D eigenvalue weighted by Crippen LogP contribution is -2.17. The summed E-state index contributed by atoms with van der Waals surface area (Å²) >= 11 is 5.22. The molecule has 20 heavy (non-hydrogen) atoms. The summed E-state index contributed by atoms with van der Waals surface area (Å²) < 4.78 is 62.3. The predicted molar refractivity (Wildman–Crippen MR) is 69.8 cm³/mol. The highest BCUT2D eigenvalue weighted by Crippen LogP contribution is 2.30. The number of rotatable bonds is 4. The molecule has 0 aliphatic rings. The van der Waals surface area contributed by atoms with Gasteiger partial charge in [0.25, 0.3) is 20.2 Å². The molecule has 0 bridgehead atoms. The number of nitrogens with one attached hydrogen (secondary N) is 1. The Morgan fingerprint density at radius 2 is 1.65 bits per heavy atom. The minimum atomic E-state index is -4.88. The first-order chi connectivity index (χ1) is 8.96. The Morgan fingerprint density at radius 1 is 1.15 bits per heavy atom. The summed E-state index contributed by atoms with van der Waals surface area (Å²) in [5.41, 5.74) is 4.34. The fourth-order valence-electron chi connectivity index (χ4n) is 1.30. The van der Waals surface area contributed by atoms with E-state index in [4.69, 9.17) is 26.4 Å². The van der Waals surface area contributed by atoms with Crippen LogP contribution in [-0.2, 0) is 25.0 Å². The molecular weight excluding hydrogens is 336 g/mol. The number of benzene rings is 1. The molecule has 0 aromatic heterocycles. The Labute approximate surface area is 119 Å². The first kappa shape index (κ1) is 16.7. The number of halogens is 1. The van der Waals surface area contributed by atoms with Crippen molar-refractivity contribution in [1.82, 2.24) is 0 Å². The first-order valence-electron chi connectivity index (χ1n) is 4.71. The number of alkyl halides is 1. The van der Waals surface area contributed by atoms with Crippen molar-refractivity contribution in [2.45, 2.75) is 9.79 Å². The van der Waals surface area contributed by atoms with Crippen LogP contribution in [0.3, 0.4) is 0 Å². The Morgan fingerprint density at radius 3 is 2.05 bits per heavy atom. The zero-order valence-electron chi connectivity index (χ0n) is 9.57. The summed E-state index contributed by atoms with van der Waals surface area (Å²) in [6.07, 6.45) is 0. The van der Waals surface area contributed by atoms with E-state index >= 15 is 0 Å². The van der Waals surface area contributed by atoms with Gasteiger partial charge in [-0.1, -0.05) is 0 Å². The van der Waals surface area contributed by atoms with Crippen molar-refractivity contribution in [3.63, 3.8) is 0 Å². The van der Waals surface area contributed by atoms with Gasteiger partial charge in [-0.05, 0) is 12.1 Å². The predicted octanol–water partition coefficient (Wildman–Crippen LogP) is -0.0605. The smallest absolute Gasteiger partial charge is 0.296 e. The molecule has 9 nitrogen and oxygen atoms in total. The quantitative estimate of drug-likeness (QED) is 0.335. The van der Waals surface area contributed by atoms with Gasteiger partial charge in [0.05, 0.1) is 11.4 Å². The van der Waals surface area contributed by atoms with Gasteiger partial charge in [0.1, 0.15) is 15.7 Å². The molecule has 0 aliphatic heterocycles. The maximum Gasteiger partial charge on any atom is 0.296 e. The van der Waals surface area contributed by atoms with Crippen LogP contribution in [-0.4, -0.2) is 37.7 Å². The minimum Gasteiger partial charge on any atom is -0.398 e. The molecule has 12 heteroatoms. The van der Waals surface area contributed by atoms with Crippen LogP contribution in [0.1, 0.15) is 0 Å². The Bertz CT molecular complexity index is 757. The Balaban J connectivity index is 3.62. The van der Waals surface area contributed by atoms with Gasteiger partial charge in [-0.3, -0.25) is 13.9 Å². The van der Waals surface area contributed by atoms with E-state index in [-0.39, 0.29) is 0 Å². The van der Waals surface area contributed by atoms with Gasteiger partial charge in [-0.15, -0.1) is 11.6 Å². The van der Waals surface area contributed by atoms with Crippen molar-refractivity contribution >= 4 is 49.1 Å². The van der Waals surface area contributed by atoms with Crippen LogP contribution in [0.25, 0.3) is 0 Å². The average molecular weight is 345 g/mol. The second-order valence-corrected chi connectivity index (χ2v) is 6.57. The maximum absolute atomic E-state index is 11.2. The number of carbonyl (C=O) groups is 1. The Hall–Kier alpha value is -1.40. The highest BCUT2D eigenvalue weighted by molar-refractivity contribution is 7.86. The summed E-state index contributed by atoms with van der Waals surface area (Å²) in [6.45, 7) is 0. The van der Waals surface area contributed by atoms with Crippen LogP contribution in [0.2, 0.25) is 0 Å². The van der Waals surface area contributed by atoms with E-state index in [1.54, 1.807) is 0 Å². The lowest BCUT2D eigenvalue weighted by molar-refractivity contribution is -0.113. The second kappa shape index (κ2) is 5.54. The van der Waals surface area contributed by atoms with E-state index in [9.17, 15) is 21.6 Å². The summed E-state index contributed by atoms with van der Waals surface area (Å²) in [4.78, 5) is 9.26. The largest absolute Gasteiger partial charge is 0.398 e. The number of carbonyl (C=O) groups excluding carboxylic acids is 1. The SMILES string of the molecule is Nc1cc(NC(=O)CCl)c(S(=O)(=O)O)cc1S(=O)(=O)O. The van der Waals surface area contributed by atoms with E-state index < -0.39 is 53.2 Å². The van der Waals surface area contributed by atoms with Gasteiger partial charge in [0.2, 0.25) is 5.91 Å². The standard InChI is InChI=1S/C8H9ClN2O7S2/c9-3-8(12)11-5-1-4(10)6(19(13,14)15)2-7(5)20(16,17)18/h1-2H,3,10H2,(H,11,12)(H,13,14,15)(H,16,17,18). The third-order valence-corrected chi connectivity index (χ3v) is 4.11. The third-order valence-electron chi connectivity index (χ3n) is 2.06. The van der Waals surface area contributed by atoms with Gasteiger partial charge in [-0.25, -0.2) is 0 Å². The van der Waals surface area contributed by atoms with Crippen LogP contribution >= 0.6 is 11.6 Å². The average Bonchev–Trinajstić information content (AvgIpc) is 2.25. The molecule has 0 radical (unpaired) electrons. The highest BCUT2D eigenvalue weighted by atomic mass is 35.5. The molecule has 1 rings (SSSR count). The topological polar surface area (TPSA) is 164 Å². The number of nitrogen functional groups attached to an aromatic ring is 1. The van der Waals surface area contributed by atoms with Crippen molar-refractivity contribution in [2.24, 2.45) is 0 Å². The normalized spacial score (nSPS) is 12.2. The number of anilines is 2. The van der Waals surface area contributed by atoms with Gasteiger partial charge >= 0.3 is 0 Å². The van der Waals surface area contributed by atoms with Crippen molar-refractivity contribution in [3.05, 3.63) is 12.1 Å². The molecule has 0 spiro atoms.